The molecule has 3 N–H and O–H groups in total. The molecule has 2 aromatic carbocycles. The Labute approximate surface area is 181 Å². The first-order valence-electron chi connectivity index (χ1n) is 10.2. The van der Waals surface area contributed by atoms with Crippen LogP contribution in [-0.2, 0) is 9.53 Å². The number of urea groups is 1. The van der Waals surface area contributed by atoms with E-state index >= 15 is 0 Å². The Balaban J connectivity index is 1.57. The number of hydrogen-bond donors (Lipinski definition) is 3. The summed E-state index contributed by atoms with van der Waals surface area (Å²) >= 11 is 0. The first kappa shape index (κ1) is 20.7. The molecule has 0 unspecified atom stereocenters. The van der Waals surface area contributed by atoms with Gasteiger partial charge in [0, 0.05) is 24.5 Å². The molecule has 162 valence electrons. The minimum Gasteiger partial charge on any atom is -0.495 e. The molecule has 2 heterocycles. The number of carbonyl (C=O) groups excluding carboxylic acids is 2. The van der Waals surface area contributed by atoms with Crippen molar-refractivity contribution in [2.75, 3.05) is 43.6 Å². The van der Waals surface area contributed by atoms with Gasteiger partial charge in [-0.15, -0.1) is 0 Å². The van der Waals surface area contributed by atoms with Crippen LogP contribution in [0.5, 0.6) is 5.75 Å². The Hall–Kier alpha value is -3.52. The Morgan fingerprint density at radius 1 is 1.16 bits per heavy atom. The fourth-order valence-corrected chi connectivity index (χ4v) is 3.94. The number of methoxy groups -OCH3 is 1. The smallest absolute Gasteiger partial charge is 0.319 e. The van der Waals surface area contributed by atoms with E-state index in [2.05, 4.69) is 27.4 Å². The van der Waals surface area contributed by atoms with Gasteiger partial charge in [0.05, 0.1) is 32.1 Å². The molecule has 2 aliphatic rings. The number of para-hydroxylation sites is 2. The Bertz CT molecular complexity index is 970. The maximum atomic E-state index is 13.2. The number of hydrogen-bond acceptors (Lipinski definition) is 5. The highest BCUT2D eigenvalue weighted by Crippen LogP contribution is 2.33. The molecular formula is C23H26N4O4. The number of carbonyl (C=O) groups is 2. The summed E-state index contributed by atoms with van der Waals surface area (Å²) in [7, 11) is 1.55. The molecule has 2 aliphatic heterocycles. The van der Waals surface area contributed by atoms with Gasteiger partial charge in [-0.05, 0) is 29.8 Å². The molecule has 0 bridgehead atoms. The van der Waals surface area contributed by atoms with Crippen LogP contribution in [0.4, 0.5) is 16.2 Å². The molecule has 0 radical (unpaired) electrons. The number of morpholine rings is 1. The fraction of sp³-hybridized carbons (Fsp3) is 0.304. The minimum absolute atomic E-state index is 0.288. The summed E-state index contributed by atoms with van der Waals surface area (Å²) in [6, 6.07) is 14.1. The zero-order valence-corrected chi connectivity index (χ0v) is 17.4. The molecule has 3 amide bonds. The van der Waals surface area contributed by atoms with Gasteiger partial charge in [0.1, 0.15) is 11.7 Å². The Morgan fingerprint density at radius 2 is 1.87 bits per heavy atom. The topological polar surface area (TPSA) is 91.9 Å². The summed E-state index contributed by atoms with van der Waals surface area (Å²) in [5.41, 5.74) is 2.81. The van der Waals surface area contributed by atoms with E-state index in [0.29, 0.717) is 30.3 Å². The Kier molecular flexibility index (Phi) is 6.08. The number of rotatable bonds is 5. The first-order chi connectivity index (χ1) is 15.1. The van der Waals surface area contributed by atoms with Crippen LogP contribution in [0.1, 0.15) is 11.6 Å². The molecule has 2 aromatic rings. The normalized spacial score (nSPS) is 21.1. The third-order valence-electron chi connectivity index (χ3n) is 5.55. The second-order valence-electron chi connectivity index (χ2n) is 7.46. The van der Waals surface area contributed by atoms with Crippen molar-refractivity contribution in [3.63, 3.8) is 0 Å². The summed E-state index contributed by atoms with van der Waals surface area (Å²) in [5, 5.41) is 8.40. The zero-order chi connectivity index (χ0) is 21.8. The molecule has 0 spiro atoms. The van der Waals surface area contributed by atoms with E-state index in [1.54, 1.807) is 19.2 Å². The standard InChI is InChI=1S/C23H26N4O4/c1-15-20(22(28)25-18-5-3-4-6-19(18)30-2)21(26-23(29)24-15)16-7-9-17(10-8-16)27-11-13-31-14-12-27/h3-10,20-21H,1,11-14H2,2H3,(H,25,28)(H2,24,26,29)/t20-,21-/m1/s1. The van der Waals surface area contributed by atoms with Crippen LogP contribution in [0.15, 0.2) is 60.8 Å². The number of nitrogens with one attached hydrogen (secondary N) is 3. The quantitative estimate of drug-likeness (QED) is 0.689. The lowest BCUT2D eigenvalue weighted by molar-refractivity contribution is -0.119. The van der Waals surface area contributed by atoms with Gasteiger partial charge in [0.25, 0.3) is 0 Å². The van der Waals surface area contributed by atoms with Crippen LogP contribution in [0.2, 0.25) is 0 Å². The van der Waals surface area contributed by atoms with Gasteiger partial charge in [0.2, 0.25) is 5.91 Å². The number of benzene rings is 2. The molecule has 4 rings (SSSR count). The average molecular weight is 422 g/mol. The SMILES string of the molecule is C=C1NC(=O)N[C@H](c2ccc(N3CCOCC3)cc2)[C@@H]1C(=O)Nc1ccccc1OC. The predicted molar refractivity (Wildman–Crippen MR) is 118 cm³/mol. The van der Waals surface area contributed by atoms with Gasteiger partial charge in [-0.25, -0.2) is 4.79 Å². The summed E-state index contributed by atoms with van der Waals surface area (Å²) < 4.78 is 10.7. The van der Waals surface area contributed by atoms with Crippen LogP contribution >= 0.6 is 0 Å². The molecule has 31 heavy (non-hydrogen) atoms. The van der Waals surface area contributed by atoms with Crippen LogP contribution < -0.4 is 25.6 Å². The lowest BCUT2D eigenvalue weighted by atomic mass is 9.88. The maximum Gasteiger partial charge on any atom is 0.319 e. The monoisotopic (exact) mass is 422 g/mol. The second kappa shape index (κ2) is 9.09. The highest BCUT2D eigenvalue weighted by Gasteiger charge is 2.38. The van der Waals surface area contributed by atoms with Gasteiger partial charge >= 0.3 is 6.03 Å². The van der Waals surface area contributed by atoms with E-state index in [-0.39, 0.29) is 11.9 Å². The van der Waals surface area contributed by atoms with Crippen molar-refractivity contribution >= 4 is 23.3 Å². The van der Waals surface area contributed by atoms with Crippen LogP contribution in [-0.4, -0.2) is 45.4 Å². The molecule has 2 saturated heterocycles. The molecule has 8 nitrogen and oxygen atoms in total. The van der Waals surface area contributed by atoms with E-state index < -0.39 is 12.0 Å². The average Bonchev–Trinajstić information content (AvgIpc) is 2.79. The van der Waals surface area contributed by atoms with Gasteiger partial charge in [0.15, 0.2) is 0 Å². The van der Waals surface area contributed by atoms with Crippen LogP contribution in [0, 0.1) is 5.92 Å². The summed E-state index contributed by atoms with van der Waals surface area (Å²) in [6.07, 6.45) is 0. The van der Waals surface area contributed by atoms with Crippen molar-refractivity contribution in [3.05, 3.63) is 66.4 Å². The van der Waals surface area contributed by atoms with Crippen molar-refractivity contribution < 1.29 is 19.1 Å². The Morgan fingerprint density at radius 3 is 2.58 bits per heavy atom. The lowest BCUT2D eigenvalue weighted by Crippen LogP contribution is -2.51. The van der Waals surface area contributed by atoms with Gasteiger partial charge in [-0.3, -0.25) is 4.79 Å². The van der Waals surface area contributed by atoms with E-state index in [9.17, 15) is 9.59 Å². The number of anilines is 2. The van der Waals surface area contributed by atoms with Crippen molar-refractivity contribution in [1.82, 2.24) is 10.6 Å². The van der Waals surface area contributed by atoms with E-state index in [4.69, 9.17) is 9.47 Å². The minimum atomic E-state index is -0.697. The highest BCUT2D eigenvalue weighted by atomic mass is 16.5. The van der Waals surface area contributed by atoms with Gasteiger partial charge < -0.3 is 30.3 Å². The summed E-state index contributed by atoms with van der Waals surface area (Å²) in [5.74, 6) is -0.429. The number of amides is 3. The molecule has 2 atom stereocenters. The molecule has 2 fully saturated rings. The molecule has 0 aliphatic carbocycles. The predicted octanol–water partition coefficient (Wildman–Crippen LogP) is 2.65. The molecule has 0 aromatic heterocycles. The highest BCUT2D eigenvalue weighted by molar-refractivity contribution is 5.98. The van der Waals surface area contributed by atoms with Crippen molar-refractivity contribution in [2.24, 2.45) is 5.92 Å². The second-order valence-corrected chi connectivity index (χ2v) is 7.46. The fourth-order valence-electron chi connectivity index (χ4n) is 3.94. The van der Waals surface area contributed by atoms with Crippen LogP contribution in [0.25, 0.3) is 0 Å². The van der Waals surface area contributed by atoms with Gasteiger partial charge in [-0.1, -0.05) is 30.8 Å². The van der Waals surface area contributed by atoms with Crippen LogP contribution in [0.3, 0.4) is 0 Å². The lowest BCUT2D eigenvalue weighted by Gasteiger charge is -2.34. The van der Waals surface area contributed by atoms with Crippen molar-refractivity contribution in [3.8, 4) is 5.75 Å². The van der Waals surface area contributed by atoms with E-state index in [1.807, 2.05) is 36.4 Å². The van der Waals surface area contributed by atoms with Crippen molar-refractivity contribution in [1.29, 1.82) is 0 Å². The van der Waals surface area contributed by atoms with Crippen molar-refractivity contribution in [2.45, 2.75) is 6.04 Å². The van der Waals surface area contributed by atoms with Gasteiger partial charge in [-0.2, -0.15) is 0 Å². The van der Waals surface area contributed by atoms with E-state index in [1.165, 1.54) is 0 Å². The number of ether oxygens (including phenoxy) is 2. The molecule has 8 heteroatoms. The maximum absolute atomic E-state index is 13.2. The summed E-state index contributed by atoms with van der Waals surface area (Å²) in [4.78, 5) is 27.6. The third kappa shape index (κ3) is 4.49. The molecular weight excluding hydrogens is 396 g/mol. The first-order valence-corrected chi connectivity index (χ1v) is 10.2. The largest absolute Gasteiger partial charge is 0.495 e. The summed E-state index contributed by atoms with van der Waals surface area (Å²) in [6.45, 7) is 7.02. The third-order valence-corrected chi connectivity index (χ3v) is 5.55. The molecule has 0 saturated carbocycles. The number of nitrogens with zero attached hydrogens (tertiary/aromatic N) is 1. The zero-order valence-electron chi connectivity index (χ0n) is 17.4. The van der Waals surface area contributed by atoms with E-state index in [0.717, 1.165) is 24.3 Å².